The molecule has 102 valence electrons. The van der Waals surface area contributed by atoms with E-state index in [4.69, 9.17) is 4.74 Å². The highest BCUT2D eigenvalue weighted by atomic mass is 16.5. The van der Waals surface area contributed by atoms with Crippen LogP contribution in [-0.4, -0.2) is 37.0 Å². The zero-order valence-corrected chi connectivity index (χ0v) is 11.2. The van der Waals surface area contributed by atoms with Crippen molar-refractivity contribution in [2.24, 2.45) is 5.92 Å². The van der Waals surface area contributed by atoms with Crippen LogP contribution < -0.4 is 15.4 Å². The summed E-state index contributed by atoms with van der Waals surface area (Å²) in [5.41, 5.74) is 0.611. The fourth-order valence-electron chi connectivity index (χ4n) is 1.81. The minimum Gasteiger partial charge on any atom is -0.480 e. The first-order valence-electron chi connectivity index (χ1n) is 6.13. The van der Waals surface area contributed by atoms with Crippen LogP contribution in [0.1, 0.15) is 34.1 Å². The van der Waals surface area contributed by atoms with Gasteiger partial charge >= 0.3 is 0 Å². The van der Waals surface area contributed by atoms with Crippen molar-refractivity contribution in [1.82, 2.24) is 15.6 Å². The summed E-state index contributed by atoms with van der Waals surface area (Å²) in [5, 5.41) is 5.38. The van der Waals surface area contributed by atoms with Crippen LogP contribution in [-0.2, 0) is 0 Å². The number of hydrogen-bond donors (Lipinski definition) is 2. The Kier molecular flexibility index (Phi) is 3.69. The molecule has 1 saturated carbocycles. The van der Waals surface area contributed by atoms with Crippen molar-refractivity contribution in [3.8, 4) is 5.88 Å². The van der Waals surface area contributed by atoms with E-state index in [2.05, 4.69) is 22.5 Å². The average Bonchev–Trinajstić information content (AvgIpc) is 3.12. The number of methoxy groups -OCH3 is 1. The van der Waals surface area contributed by atoms with E-state index in [1.54, 1.807) is 0 Å². The monoisotopic (exact) mass is 263 g/mol. The van der Waals surface area contributed by atoms with E-state index in [0.717, 1.165) is 6.42 Å². The Morgan fingerprint density at radius 3 is 2.63 bits per heavy atom. The van der Waals surface area contributed by atoms with Crippen molar-refractivity contribution >= 4 is 11.8 Å². The summed E-state index contributed by atoms with van der Waals surface area (Å²) in [6.45, 7) is 2.08. The van der Waals surface area contributed by atoms with Crippen LogP contribution in [0.4, 0.5) is 0 Å². The van der Waals surface area contributed by atoms with Gasteiger partial charge in [0.1, 0.15) is 5.56 Å². The summed E-state index contributed by atoms with van der Waals surface area (Å²) in [6.07, 6.45) is 2.41. The van der Waals surface area contributed by atoms with Gasteiger partial charge in [-0.25, -0.2) is 4.98 Å². The molecular weight excluding hydrogens is 246 g/mol. The molecule has 1 heterocycles. The molecule has 2 amide bonds. The lowest BCUT2D eigenvalue weighted by molar-refractivity contribution is 0.0949. The highest BCUT2D eigenvalue weighted by Gasteiger charge is 2.34. The zero-order valence-electron chi connectivity index (χ0n) is 11.2. The second-order valence-electron chi connectivity index (χ2n) is 4.65. The molecule has 2 atom stereocenters. The molecule has 1 aliphatic rings. The molecule has 6 nitrogen and oxygen atoms in total. The van der Waals surface area contributed by atoms with E-state index in [1.807, 2.05) is 0 Å². The van der Waals surface area contributed by atoms with Gasteiger partial charge in [0, 0.05) is 19.3 Å². The Balaban J connectivity index is 2.21. The third-order valence-electron chi connectivity index (χ3n) is 3.20. The van der Waals surface area contributed by atoms with Crippen LogP contribution in [0.2, 0.25) is 0 Å². The molecule has 19 heavy (non-hydrogen) atoms. The molecule has 2 N–H and O–H groups in total. The number of nitrogens with one attached hydrogen (secondary N) is 2. The molecule has 1 aliphatic carbocycles. The van der Waals surface area contributed by atoms with Crippen LogP contribution in [0, 0.1) is 5.92 Å². The second-order valence-corrected chi connectivity index (χ2v) is 4.65. The number of hydrogen-bond acceptors (Lipinski definition) is 4. The molecule has 0 bridgehead atoms. The number of aromatic nitrogens is 1. The third kappa shape index (κ3) is 2.83. The normalized spacial score (nSPS) is 20.6. The SMILES string of the molecule is CNC(=O)c1cc(C(=O)N[C@H]2C[C@@H]2C)cnc1OC. The first-order chi connectivity index (χ1) is 9.06. The number of carbonyl (C=O) groups is 2. The second kappa shape index (κ2) is 5.26. The van der Waals surface area contributed by atoms with E-state index < -0.39 is 0 Å². The van der Waals surface area contributed by atoms with Crippen molar-refractivity contribution in [1.29, 1.82) is 0 Å². The molecule has 2 rings (SSSR count). The predicted molar refractivity (Wildman–Crippen MR) is 69.2 cm³/mol. The Bertz CT molecular complexity index is 516. The lowest BCUT2D eigenvalue weighted by atomic mass is 10.1. The topological polar surface area (TPSA) is 80.3 Å². The number of amides is 2. The lowest BCUT2D eigenvalue weighted by Crippen LogP contribution is -2.27. The highest BCUT2D eigenvalue weighted by Crippen LogP contribution is 2.29. The van der Waals surface area contributed by atoms with E-state index >= 15 is 0 Å². The Morgan fingerprint density at radius 1 is 1.42 bits per heavy atom. The molecular formula is C13H17N3O3. The predicted octanol–water partition coefficient (Wildman–Crippen LogP) is 0.588. The van der Waals surface area contributed by atoms with Crippen LogP contribution in [0.25, 0.3) is 0 Å². The van der Waals surface area contributed by atoms with Crippen LogP contribution in [0.3, 0.4) is 0 Å². The van der Waals surface area contributed by atoms with Crippen molar-refractivity contribution in [3.63, 3.8) is 0 Å². The molecule has 0 aromatic carbocycles. The van der Waals surface area contributed by atoms with Gasteiger partial charge in [0.2, 0.25) is 5.88 Å². The van der Waals surface area contributed by atoms with E-state index in [1.165, 1.54) is 26.4 Å². The van der Waals surface area contributed by atoms with Crippen molar-refractivity contribution < 1.29 is 14.3 Å². The van der Waals surface area contributed by atoms with Crippen molar-refractivity contribution in [2.45, 2.75) is 19.4 Å². The number of ether oxygens (including phenoxy) is 1. The molecule has 0 aliphatic heterocycles. The Labute approximate surface area is 111 Å². The first-order valence-corrected chi connectivity index (χ1v) is 6.13. The number of rotatable bonds is 4. The van der Waals surface area contributed by atoms with Gasteiger partial charge in [0.25, 0.3) is 11.8 Å². The molecule has 0 spiro atoms. The average molecular weight is 263 g/mol. The summed E-state index contributed by atoms with van der Waals surface area (Å²) >= 11 is 0. The van der Waals surface area contributed by atoms with Gasteiger partial charge in [-0.15, -0.1) is 0 Å². The fourth-order valence-corrected chi connectivity index (χ4v) is 1.81. The Hall–Kier alpha value is -2.11. The summed E-state index contributed by atoms with van der Waals surface area (Å²) in [5.74, 6) is 0.178. The molecule has 6 heteroatoms. The van der Waals surface area contributed by atoms with Gasteiger partial charge in [0.05, 0.1) is 12.7 Å². The number of carbonyl (C=O) groups excluding carboxylic acids is 2. The number of pyridine rings is 1. The molecule has 1 aromatic rings. The van der Waals surface area contributed by atoms with Gasteiger partial charge in [-0.1, -0.05) is 6.92 Å². The maximum Gasteiger partial charge on any atom is 0.256 e. The van der Waals surface area contributed by atoms with Crippen LogP contribution >= 0.6 is 0 Å². The maximum atomic E-state index is 12.0. The quantitative estimate of drug-likeness (QED) is 0.833. The fraction of sp³-hybridized carbons (Fsp3) is 0.462. The molecule has 1 aromatic heterocycles. The van der Waals surface area contributed by atoms with Crippen molar-refractivity contribution in [3.05, 3.63) is 23.4 Å². The maximum absolute atomic E-state index is 12.0. The molecule has 1 fully saturated rings. The first kappa shape index (κ1) is 13.3. The summed E-state index contributed by atoms with van der Waals surface area (Å²) < 4.78 is 5.01. The minimum absolute atomic E-state index is 0.204. The van der Waals surface area contributed by atoms with Gasteiger partial charge in [-0.3, -0.25) is 9.59 Å². The third-order valence-corrected chi connectivity index (χ3v) is 3.20. The highest BCUT2D eigenvalue weighted by molar-refractivity contribution is 6.00. The van der Waals surface area contributed by atoms with Crippen LogP contribution in [0.5, 0.6) is 5.88 Å². The standard InChI is InChI=1S/C13H17N3O3/c1-7-4-10(7)16-11(17)8-5-9(12(18)14-2)13(19-3)15-6-8/h5-7,10H,4H2,1-3H3,(H,14,18)(H,16,17)/t7-,10-/m0/s1. The largest absolute Gasteiger partial charge is 0.480 e. The molecule has 0 saturated heterocycles. The van der Waals surface area contributed by atoms with E-state index in [-0.39, 0.29) is 29.3 Å². The summed E-state index contributed by atoms with van der Waals surface area (Å²) in [4.78, 5) is 27.7. The lowest BCUT2D eigenvalue weighted by Gasteiger charge is -2.09. The van der Waals surface area contributed by atoms with Crippen LogP contribution in [0.15, 0.2) is 12.3 Å². The number of nitrogens with zero attached hydrogens (tertiary/aromatic N) is 1. The van der Waals surface area contributed by atoms with Gasteiger partial charge in [-0.2, -0.15) is 0 Å². The van der Waals surface area contributed by atoms with E-state index in [0.29, 0.717) is 11.5 Å². The minimum atomic E-state index is -0.334. The summed E-state index contributed by atoms with van der Waals surface area (Å²) in [7, 11) is 2.95. The summed E-state index contributed by atoms with van der Waals surface area (Å²) in [6, 6.07) is 1.73. The Morgan fingerprint density at radius 2 is 2.11 bits per heavy atom. The van der Waals surface area contributed by atoms with Gasteiger partial charge < -0.3 is 15.4 Å². The van der Waals surface area contributed by atoms with Crippen molar-refractivity contribution in [2.75, 3.05) is 14.2 Å². The van der Waals surface area contributed by atoms with Gasteiger partial charge in [-0.05, 0) is 18.4 Å². The smallest absolute Gasteiger partial charge is 0.256 e. The molecule has 0 radical (unpaired) electrons. The van der Waals surface area contributed by atoms with E-state index in [9.17, 15) is 9.59 Å². The van der Waals surface area contributed by atoms with Gasteiger partial charge in [0.15, 0.2) is 0 Å². The molecule has 0 unspecified atom stereocenters. The zero-order chi connectivity index (χ0) is 14.0.